The van der Waals surface area contributed by atoms with E-state index in [1.807, 2.05) is 36.4 Å². The second-order valence-electron chi connectivity index (χ2n) is 6.09. The molecule has 0 aliphatic rings. The first-order valence-corrected chi connectivity index (χ1v) is 8.34. The second-order valence-corrected chi connectivity index (χ2v) is 6.09. The van der Waals surface area contributed by atoms with Crippen LogP contribution in [0, 0.1) is 0 Å². The maximum atomic E-state index is 12.9. The number of alkyl halides is 3. The molecule has 0 spiro atoms. The molecule has 0 radical (unpaired) electrons. The molecular formula is C21H13F3N2O2. The highest BCUT2D eigenvalue weighted by Crippen LogP contribution is 2.28. The summed E-state index contributed by atoms with van der Waals surface area (Å²) in [5, 5.41) is 0.591. The molecule has 4 rings (SSSR count). The van der Waals surface area contributed by atoms with Crippen LogP contribution < -0.4 is 4.74 Å². The van der Waals surface area contributed by atoms with Crippen LogP contribution in [0.1, 0.15) is 15.9 Å². The van der Waals surface area contributed by atoms with Crippen molar-refractivity contribution in [1.29, 1.82) is 0 Å². The van der Waals surface area contributed by atoms with Gasteiger partial charge in [-0.2, -0.15) is 0 Å². The van der Waals surface area contributed by atoms with E-state index in [0.717, 1.165) is 23.3 Å². The van der Waals surface area contributed by atoms with Crippen LogP contribution >= 0.6 is 0 Å². The van der Waals surface area contributed by atoms with Crippen molar-refractivity contribution in [2.45, 2.75) is 6.36 Å². The summed E-state index contributed by atoms with van der Waals surface area (Å²) in [7, 11) is 0. The van der Waals surface area contributed by atoms with Crippen molar-refractivity contribution in [3.63, 3.8) is 0 Å². The fraction of sp³-hybridized carbons (Fsp3) is 0.0476. The molecule has 28 heavy (non-hydrogen) atoms. The monoisotopic (exact) mass is 382 g/mol. The fourth-order valence-electron chi connectivity index (χ4n) is 2.97. The number of halogens is 3. The Bertz CT molecular complexity index is 1150. The molecule has 0 bridgehead atoms. The molecule has 0 amide bonds. The van der Waals surface area contributed by atoms with E-state index < -0.39 is 17.9 Å². The number of aromatic nitrogens is 2. The largest absolute Gasteiger partial charge is 0.573 e. The summed E-state index contributed by atoms with van der Waals surface area (Å²) in [4.78, 5) is 20.2. The number of nitrogens with one attached hydrogen (secondary N) is 1. The first kappa shape index (κ1) is 17.8. The third-order valence-electron chi connectivity index (χ3n) is 4.21. The Morgan fingerprint density at radius 1 is 0.964 bits per heavy atom. The van der Waals surface area contributed by atoms with Crippen LogP contribution in [0.15, 0.2) is 73.1 Å². The molecular weight excluding hydrogens is 369 g/mol. The van der Waals surface area contributed by atoms with Gasteiger partial charge in [-0.25, -0.2) is 4.98 Å². The minimum absolute atomic E-state index is 0.0905. The Kier molecular flexibility index (Phi) is 4.35. The molecule has 0 aliphatic heterocycles. The Morgan fingerprint density at radius 2 is 1.75 bits per heavy atom. The van der Waals surface area contributed by atoms with E-state index in [4.69, 9.17) is 0 Å². The van der Waals surface area contributed by atoms with Gasteiger partial charge in [-0.1, -0.05) is 42.5 Å². The molecule has 4 nitrogen and oxygen atoms in total. The minimum Gasteiger partial charge on any atom is -0.406 e. The van der Waals surface area contributed by atoms with Crippen molar-refractivity contribution in [3.05, 3.63) is 84.2 Å². The van der Waals surface area contributed by atoms with E-state index in [1.165, 1.54) is 18.3 Å². The van der Waals surface area contributed by atoms with E-state index in [-0.39, 0.29) is 5.56 Å². The molecule has 0 unspecified atom stereocenters. The van der Waals surface area contributed by atoms with Gasteiger partial charge in [0.05, 0.1) is 0 Å². The molecule has 4 aromatic rings. The van der Waals surface area contributed by atoms with Gasteiger partial charge in [0.1, 0.15) is 11.4 Å². The normalized spacial score (nSPS) is 11.5. The molecule has 0 saturated carbocycles. The van der Waals surface area contributed by atoms with Crippen LogP contribution in [0.3, 0.4) is 0 Å². The summed E-state index contributed by atoms with van der Waals surface area (Å²) >= 11 is 0. The van der Waals surface area contributed by atoms with E-state index in [9.17, 15) is 18.0 Å². The van der Waals surface area contributed by atoms with Crippen molar-refractivity contribution in [3.8, 4) is 16.9 Å². The number of pyridine rings is 1. The Labute approximate surface area is 157 Å². The summed E-state index contributed by atoms with van der Waals surface area (Å²) < 4.78 is 41.2. The first-order chi connectivity index (χ1) is 13.4. The van der Waals surface area contributed by atoms with Crippen molar-refractivity contribution in [2.75, 3.05) is 0 Å². The van der Waals surface area contributed by atoms with Gasteiger partial charge in [0.25, 0.3) is 0 Å². The van der Waals surface area contributed by atoms with Crippen molar-refractivity contribution in [1.82, 2.24) is 9.97 Å². The van der Waals surface area contributed by atoms with Crippen LogP contribution in [0.5, 0.6) is 5.75 Å². The van der Waals surface area contributed by atoms with E-state index in [0.29, 0.717) is 16.6 Å². The predicted molar refractivity (Wildman–Crippen MR) is 98.1 cm³/mol. The smallest absolute Gasteiger partial charge is 0.406 e. The topological polar surface area (TPSA) is 55.0 Å². The predicted octanol–water partition coefficient (Wildman–Crippen LogP) is 5.36. The van der Waals surface area contributed by atoms with Crippen LogP contribution in [0.4, 0.5) is 13.2 Å². The standard InChI is InChI=1S/C21H13F3N2O2/c22-21(23,24)28-16-8-4-7-14(9-16)19(27)18-12-26-20-17(18)10-15(11-25-20)13-5-2-1-3-6-13/h1-12H,(H,25,26). The summed E-state index contributed by atoms with van der Waals surface area (Å²) in [5.74, 6) is -0.868. The second kappa shape index (κ2) is 6.84. The number of H-pyrrole nitrogens is 1. The Morgan fingerprint density at radius 3 is 2.50 bits per heavy atom. The van der Waals surface area contributed by atoms with E-state index >= 15 is 0 Å². The minimum atomic E-state index is -4.82. The average molecular weight is 382 g/mol. The lowest BCUT2D eigenvalue weighted by Gasteiger charge is -2.09. The van der Waals surface area contributed by atoms with Gasteiger partial charge in [-0.3, -0.25) is 4.79 Å². The average Bonchev–Trinajstić information content (AvgIpc) is 3.10. The molecule has 0 atom stereocenters. The summed E-state index contributed by atoms with van der Waals surface area (Å²) in [6.07, 6.45) is -1.62. The number of nitrogens with zero attached hydrogens (tertiary/aromatic N) is 1. The molecule has 1 N–H and O–H groups in total. The highest BCUT2D eigenvalue weighted by Gasteiger charge is 2.31. The zero-order valence-corrected chi connectivity index (χ0v) is 14.3. The zero-order valence-electron chi connectivity index (χ0n) is 14.3. The first-order valence-electron chi connectivity index (χ1n) is 8.34. The number of ketones is 1. The number of carbonyl (C=O) groups is 1. The highest BCUT2D eigenvalue weighted by molar-refractivity contribution is 6.16. The molecule has 7 heteroatoms. The summed E-state index contributed by atoms with van der Waals surface area (Å²) in [5.41, 5.74) is 2.70. The number of aromatic amines is 1. The number of fused-ring (bicyclic) bond motifs is 1. The van der Waals surface area contributed by atoms with Gasteiger partial charge in [-0.15, -0.1) is 13.2 Å². The lowest BCUT2D eigenvalue weighted by molar-refractivity contribution is -0.274. The van der Waals surface area contributed by atoms with Crippen LogP contribution in [-0.2, 0) is 0 Å². The van der Waals surface area contributed by atoms with Crippen molar-refractivity contribution >= 4 is 16.8 Å². The van der Waals surface area contributed by atoms with Gasteiger partial charge in [0.15, 0.2) is 5.78 Å². The van der Waals surface area contributed by atoms with Gasteiger partial charge >= 0.3 is 6.36 Å². The molecule has 2 heterocycles. The lowest BCUT2D eigenvalue weighted by atomic mass is 10.0. The lowest BCUT2D eigenvalue weighted by Crippen LogP contribution is -2.17. The van der Waals surface area contributed by atoms with Gasteiger partial charge < -0.3 is 9.72 Å². The number of carbonyl (C=O) groups excluding carboxylic acids is 1. The van der Waals surface area contributed by atoms with E-state index in [1.54, 1.807) is 6.20 Å². The number of hydrogen-bond donors (Lipinski definition) is 1. The number of ether oxygens (including phenoxy) is 1. The van der Waals surface area contributed by atoms with Crippen LogP contribution in [-0.4, -0.2) is 22.1 Å². The number of benzene rings is 2. The molecule has 0 aliphatic carbocycles. The Hall–Kier alpha value is -3.61. The molecule has 2 aromatic carbocycles. The summed E-state index contributed by atoms with van der Waals surface area (Å²) in [6, 6.07) is 16.4. The highest BCUT2D eigenvalue weighted by atomic mass is 19.4. The summed E-state index contributed by atoms with van der Waals surface area (Å²) in [6.45, 7) is 0. The number of hydrogen-bond acceptors (Lipinski definition) is 3. The third-order valence-corrected chi connectivity index (χ3v) is 4.21. The maximum absolute atomic E-state index is 12.9. The Balaban J connectivity index is 1.73. The zero-order chi connectivity index (χ0) is 19.7. The molecule has 0 saturated heterocycles. The third kappa shape index (κ3) is 3.59. The van der Waals surface area contributed by atoms with Crippen LogP contribution in [0.25, 0.3) is 22.2 Å². The van der Waals surface area contributed by atoms with E-state index in [2.05, 4.69) is 14.7 Å². The molecule has 0 fully saturated rings. The number of rotatable bonds is 4. The fourth-order valence-corrected chi connectivity index (χ4v) is 2.97. The van der Waals surface area contributed by atoms with Gasteiger partial charge in [0.2, 0.25) is 0 Å². The maximum Gasteiger partial charge on any atom is 0.573 e. The quantitative estimate of drug-likeness (QED) is 0.484. The van der Waals surface area contributed by atoms with Gasteiger partial charge in [0, 0.05) is 34.5 Å². The SMILES string of the molecule is O=C(c1cccc(OC(F)(F)F)c1)c1c[nH]c2ncc(-c3ccccc3)cc12. The molecule has 2 aromatic heterocycles. The van der Waals surface area contributed by atoms with Gasteiger partial charge in [-0.05, 0) is 23.8 Å². The molecule has 140 valence electrons. The van der Waals surface area contributed by atoms with Crippen molar-refractivity contribution in [2.24, 2.45) is 0 Å². The van der Waals surface area contributed by atoms with Crippen molar-refractivity contribution < 1.29 is 22.7 Å². The van der Waals surface area contributed by atoms with Crippen LogP contribution in [0.2, 0.25) is 0 Å².